The van der Waals surface area contributed by atoms with Crippen molar-refractivity contribution in [2.24, 2.45) is 0 Å². The summed E-state index contributed by atoms with van der Waals surface area (Å²) in [6, 6.07) is 6.57. The zero-order valence-corrected chi connectivity index (χ0v) is 9.70. The van der Waals surface area contributed by atoms with Crippen molar-refractivity contribution in [3.05, 3.63) is 53.0 Å². The SMILES string of the molecule is CCc1cccc2c1C1NC(C)=CN1C=C2. The van der Waals surface area contributed by atoms with Crippen LogP contribution in [0.4, 0.5) is 0 Å². The lowest BCUT2D eigenvalue weighted by molar-refractivity contribution is 0.368. The third kappa shape index (κ3) is 1.26. The van der Waals surface area contributed by atoms with Gasteiger partial charge in [0.05, 0.1) is 0 Å². The van der Waals surface area contributed by atoms with Crippen LogP contribution >= 0.6 is 0 Å². The van der Waals surface area contributed by atoms with Gasteiger partial charge in [0.2, 0.25) is 0 Å². The van der Waals surface area contributed by atoms with E-state index in [1.165, 1.54) is 22.4 Å². The van der Waals surface area contributed by atoms with E-state index in [0.717, 1.165) is 6.42 Å². The summed E-state index contributed by atoms with van der Waals surface area (Å²) in [5.41, 5.74) is 5.44. The van der Waals surface area contributed by atoms with E-state index < -0.39 is 0 Å². The molecule has 0 saturated heterocycles. The van der Waals surface area contributed by atoms with Crippen molar-refractivity contribution < 1.29 is 0 Å². The molecule has 0 spiro atoms. The highest BCUT2D eigenvalue weighted by Crippen LogP contribution is 2.35. The molecule has 0 bridgehead atoms. The summed E-state index contributed by atoms with van der Waals surface area (Å²) in [5.74, 6) is 0. The fourth-order valence-electron chi connectivity index (χ4n) is 2.56. The lowest BCUT2D eigenvalue weighted by atomic mass is 9.94. The molecule has 1 atom stereocenters. The second kappa shape index (κ2) is 3.41. The minimum Gasteiger partial charge on any atom is -0.364 e. The Morgan fingerprint density at radius 1 is 1.38 bits per heavy atom. The first-order valence-corrected chi connectivity index (χ1v) is 5.82. The summed E-state index contributed by atoms with van der Waals surface area (Å²) < 4.78 is 0. The van der Waals surface area contributed by atoms with E-state index in [4.69, 9.17) is 0 Å². The molecule has 0 saturated carbocycles. The first kappa shape index (κ1) is 9.52. The Morgan fingerprint density at radius 2 is 2.25 bits per heavy atom. The number of fused-ring (bicyclic) bond motifs is 3. The van der Waals surface area contributed by atoms with Gasteiger partial charge in [-0.2, -0.15) is 0 Å². The van der Waals surface area contributed by atoms with Crippen molar-refractivity contribution in [2.45, 2.75) is 26.4 Å². The van der Waals surface area contributed by atoms with Crippen LogP contribution in [-0.2, 0) is 6.42 Å². The van der Waals surface area contributed by atoms with Crippen LogP contribution in [-0.4, -0.2) is 4.90 Å². The summed E-state index contributed by atoms with van der Waals surface area (Å²) in [6.07, 6.45) is 7.90. The van der Waals surface area contributed by atoms with E-state index in [-0.39, 0.29) is 0 Å². The van der Waals surface area contributed by atoms with Gasteiger partial charge in [-0.05, 0) is 30.5 Å². The number of benzene rings is 1. The zero-order chi connectivity index (χ0) is 11.1. The van der Waals surface area contributed by atoms with Crippen molar-refractivity contribution >= 4 is 6.08 Å². The van der Waals surface area contributed by atoms with E-state index >= 15 is 0 Å². The first-order valence-electron chi connectivity index (χ1n) is 5.82. The van der Waals surface area contributed by atoms with Crippen LogP contribution in [0.25, 0.3) is 6.08 Å². The second-order valence-electron chi connectivity index (χ2n) is 4.40. The third-order valence-electron chi connectivity index (χ3n) is 3.32. The Balaban J connectivity index is 2.13. The van der Waals surface area contributed by atoms with E-state index in [0.29, 0.717) is 6.17 Å². The molecule has 2 aliphatic rings. The summed E-state index contributed by atoms with van der Waals surface area (Å²) >= 11 is 0. The zero-order valence-electron chi connectivity index (χ0n) is 9.70. The normalized spacial score (nSPS) is 21.2. The molecule has 1 aromatic rings. The predicted octanol–water partition coefficient (Wildman–Crippen LogP) is 3.00. The van der Waals surface area contributed by atoms with Gasteiger partial charge < -0.3 is 10.2 Å². The van der Waals surface area contributed by atoms with Crippen molar-refractivity contribution in [1.29, 1.82) is 0 Å². The fourth-order valence-corrected chi connectivity index (χ4v) is 2.56. The van der Waals surface area contributed by atoms with Crippen LogP contribution in [0.2, 0.25) is 0 Å². The van der Waals surface area contributed by atoms with E-state index in [1.807, 2.05) is 0 Å². The van der Waals surface area contributed by atoms with Crippen molar-refractivity contribution in [3.8, 4) is 0 Å². The molecule has 2 aliphatic heterocycles. The number of hydrogen-bond donors (Lipinski definition) is 1. The molecule has 2 heterocycles. The molecule has 0 radical (unpaired) electrons. The minimum absolute atomic E-state index is 0.302. The average molecular weight is 212 g/mol. The molecule has 0 aliphatic carbocycles. The van der Waals surface area contributed by atoms with Crippen LogP contribution in [0.5, 0.6) is 0 Å². The molecule has 0 aromatic heterocycles. The van der Waals surface area contributed by atoms with Gasteiger partial charge in [-0.3, -0.25) is 0 Å². The van der Waals surface area contributed by atoms with Crippen LogP contribution in [0.1, 0.15) is 36.7 Å². The van der Waals surface area contributed by atoms with Gasteiger partial charge in [-0.1, -0.05) is 25.1 Å². The maximum atomic E-state index is 3.52. The van der Waals surface area contributed by atoms with Crippen molar-refractivity contribution in [1.82, 2.24) is 10.2 Å². The van der Waals surface area contributed by atoms with Crippen LogP contribution in [0, 0.1) is 0 Å². The Labute approximate surface area is 96.3 Å². The van der Waals surface area contributed by atoms with Gasteiger partial charge >= 0.3 is 0 Å². The lowest BCUT2D eigenvalue weighted by Gasteiger charge is -2.29. The molecule has 0 amide bonds. The van der Waals surface area contributed by atoms with Crippen LogP contribution < -0.4 is 5.32 Å². The quantitative estimate of drug-likeness (QED) is 0.769. The smallest absolute Gasteiger partial charge is 0.130 e. The number of rotatable bonds is 1. The number of nitrogens with one attached hydrogen (secondary N) is 1. The monoisotopic (exact) mass is 212 g/mol. The molecular formula is C14H16N2. The summed E-state index contributed by atoms with van der Waals surface area (Å²) in [4.78, 5) is 2.25. The minimum atomic E-state index is 0.302. The molecule has 1 N–H and O–H groups in total. The standard InChI is InChI=1S/C14H16N2/c1-3-11-5-4-6-12-7-8-16-9-10(2)15-14(16)13(11)12/h4-9,14-15H,3H2,1-2H3. The Kier molecular flexibility index (Phi) is 2.03. The number of hydrogen-bond acceptors (Lipinski definition) is 2. The lowest BCUT2D eigenvalue weighted by Crippen LogP contribution is -2.27. The highest BCUT2D eigenvalue weighted by atomic mass is 15.3. The highest BCUT2D eigenvalue weighted by molar-refractivity contribution is 5.60. The maximum absolute atomic E-state index is 3.52. The Bertz CT molecular complexity index is 486. The third-order valence-corrected chi connectivity index (χ3v) is 3.32. The Morgan fingerprint density at radius 3 is 3.06 bits per heavy atom. The number of nitrogens with zero attached hydrogens (tertiary/aromatic N) is 1. The molecule has 1 aromatic carbocycles. The topological polar surface area (TPSA) is 15.3 Å². The van der Waals surface area contributed by atoms with Gasteiger partial charge in [0.15, 0.2) is 0 Å². The fraction of sp³-hybridized carbons (Fsp3) is 0.286. The van der Waals surface area contributed by atoms with E-state index in [1.54, 1.807) is 0 Å². The molecule has 2 heteroatoms. The molecule has 3 rings (SSSR count). The molecule has 16 heavy (non-hydrogen) atoms. The Hall–Kier alpha value is -1.70. The molecule has 82 valence electrons. The van der Waals surface area contributed by atoms with Gasteiger partial charge in [0.1, 0.15) is 6.17 Å². The largest absolute Gasteiger partial charge is 0.364 e. The van der Waals surface area contributed by atoms with E-state index in [2.05, 4.69) is 60.7 Å². The van der Waals surface area contributed by atoms with Gasteiger partial charge in [0.25, 0.3) is 0 Å². The molecular weight excluding hydrogens is 196 g/mol. The molecule has 1 unspecified atom stereocenters. The molecule has 2 nitrogen and oxygen atoms in total. The first-order chi connectivity index (χ1) is 7.79. The number of aryl methyl sites for hydroxylation is 1. The van der Waals surface area contributed by atoms with E-state index in [9.17, 15) is 0 Å². The predicted molar refractivity (Wildman–Crippen MR) is 66.3 cm³/mol. The highest BCUT2D eigenvalue weighted by Gasteiger charge is 2.28. The second-order valence-corrected chi connectivity index (χ2v) is 4.40. The number of allylic oxidation sites excluding steroid dienone is 1. The van der Waals surface area contributed by atoms with Gasteiger partial charge in [-0.15, -0.1) is 0 Å². The summed E-state index contributed by atoms with van der Waals surface area (Å²) in [6.45, 7) is 4.33. The molecule has 0 fully saturated rings. The van der Waals surface area contributed by atoms with Gasteiger partial charge in [-0.25, -0.2) is 0 Å². The van der Waals surface area contributed by atoms with Crippen LogP contribution in [0.3, 0.4) is 0 Å². The maximum Gasteiger partial charge on any atom is 0.130 e. The van der Waals surface area contributed by atoms with Crippen LogP contribution in [0.15, 0.2) is 36.3 Å². The average Bonchev–Trinajstić information content (AvgIpc) is 2.68. The van der Waals surface area contributed by atoms with Crippen molar-refractivity contribution in [3.63, 3.8) is 0 Å². The summed E-state index contributed by atoms with van der Waals surface area (Å²) in [7, 11) is 0. The van der Waals surface area contributed by atoms with Gasteiger partial charge in [0, 0.05) is 23.7 Å². The summed E-state index contributed by atoms with van der Waals surface area (Å²) in [5, 5.41) is 3.52. The van der Waals surface area contributed by atoms with Crippen molar-refractivity contribution in [2.75, 3.05) is 0 Å².